The molecule has 0 aliphatic heterocycles. The molecular formula is C15H17BrN2O2. The standard InChI is InChI=1S/C15H17BrN2O2/c1-2-18-9-13(16)7-14(18)15(20)17-8-11-3-5-12(10-19)6-4-11/h3-7,9,19H,2,8,10H2,1H3,(H,17,20). The minimum Gasteiger partial charge on any atom is -0.392 e. The maximum absolute atomic E-state index is 12.1. The van der Waals surface area contributed by atoms with Crippen LogP contribution in [0.3, 0.4) is 0 Å². The molecule has 1 aromatic heterocycles. The number of aryl methyl sites for hydroxylation is 1. The first-order valence-corrected chi connectivity index (χ1v) is 7.26. The molecule has 1 aromatic carbocycles. The second-order valence-electron chi connectivity index (χ2n) is 4.49. The Labute approximate surface area is 126 Å². The van der Waals surface area contributed by atoms with Gasteiger partial charge in [-0.2, -0.15) is 0 Å². The molecular weight excluding hydrogens is 320 g/mol. The third-order valence-corrected chi connectivity index (χ3v) is 3.53. The third kappa shape index (κ3) is 3.49. The Morgan fingerprint density at radius 2 is 1.95 bits per heavy atom. The maximum atomic E-state index is 12.1. The van der Waals surface area contributed by atoms with Crippen molar-refractivity contribution in [3.8, 4) is 0 Å². The Morgan fingerprint density at radius 3 is 2.55 bits per heavy atom. The SMILES string of the molecule is CCn1cc(Br)cc1C(=O)NCc1ccc(CO)cc1. The average Bonchev–Trinajstić information content (AvgIpc) is 2.86. The smallest absolute Gasteiger partial charge is 0.268 e. The van der Waals surface area contributed by atoms with Crippen molar-refractivity contribution in [1.29, 1.82) is 0 Å². The summed E-state index contributed by atoms with van der Waals surface area (Å²) in [6.07, 6.45) is 1.89. The number of aromatic nitrogens is 1. The van der Waals surface area contributed by atoms with E-state index in [1.807, 2.05) is 48.0 Å². The highest BCUT2D eigenvalue weighted by atomic mass is 79.9. The predicted octanol–water partition coefficient (Wildman–Crippen LogP) is 2.69. The molecule has 4 nitrogen and oxygen atoms in total. The van der Waals surface area contributed by atoms with E-state index in [2.05, 4.69) is 21.2 Å². The summed E-state index contributed by atoms with van der Waals surface area (Å²) < 4.78 is 2.80. The quantitative estimate of drug-likeness (QED) is 0.881. The fraction of sp³-hybridized carbons (Fsp3) is 0.267. The number of amides is 1. The molecule has 1 amide bonds. The van der Waals surface area contributed by atoms with Crippen LogP contribution in [0.2, 0.25) is 0 Å². The zero-order valence-corrected chi connectivity index (χ0v) is 12.9. The summed E-state index contributed by atoms with van der Waals surface area (Å²) in [5.74, 6) is -0.0937. The first-order valence-electron chi connectivity index (χ1n) is 6.46. The lowest BCUT2D eigenvalue weighted by molar-refractivity contribution is 0.0941. The van der Waals surface area contributed by atoms with E-state index in [0.29, 0.717) is 12.2 Å². The molecule has 20 heavy (non-hydrogen) atoms. The van der Waals surface area contributed by atoms with Gasteiger partial charge in [0.15, 0.2) is 0 Å². The fourth-order valence-corrected chi connectivity index (χ4v) is 2.43. The molecule has 0 atom stereocenters. The van der Waals surface area contributed by atoms with Crippen molar-refractivity contribution >= 4 is 21.8 Å². The second-order valence-corrected chi connectivity index (χ2v) is 5.40. The first kappa shape index (κ1) is 14.8. The van der Waals surface area contributed by atoms with Crippen molar-refractivity contribution in [2.45, 2.75) is 26.6 Å². The molecule has 1 heterocycles. The van der Waals surface area contributed by atoms with E-state index in [4.69, 9.17) is 5.11 Å². The number of nitrogens with one attached hydrogen (secondary N) is 1. The van der Waals surface area contributed by atoms with Crippen LogP contribution in [0.25, 0.3) is 0 Å². The molecule has 0 radical (unpaired) electrons. The molecule has 0 aliphatic carbocycles. The number of rotatable bonds is 5. The van der Waals surface area contributed by atoms with Gasteiger partial charge >= 0.3 is 0 Å². The van der Waals surface area contributed by atoms with Gasteiger partial charge < -0.3 is 15.0 Å². The molecule has 5 heteroatoms. The summed E-state index contributed by atoms with van der Waals surface area (Å²) in [5, 5.41) is 11.9. The number of aliphatic hydroxyl groups is 1. The maximum Gasteiger partial charge on any atom is 0.268 e. The van der Waals surface area contributed by atoms with Crippen molar-refractivity contribution in [3.05, 3.63) is 57.8 Å². The van der Waals surface area contributed by atoms with Gasteiger partial charge in [0.1, 0.15) is 5.69 Å². The van der Waals surface area contributed by atoms with Gasteiger partial charge in [0.25, 0.3) is 5.91 Å². The monoisotopic (exact) mass is 336 g/mol. The molecule has 0 bridgehead atoms. The van der Waals surface area contributed by atoms with Crippen molar-refractivity contribution in [2.75, 3.05) is 0 Å². The second kappa shape index (κ2) is 6.72. The van der Waals surface area contributed by atoms with Crippen LogP contribution in [0.5, 0.6) is 0 Å². The Balaban J connectivity index is 2.00. The summed E-state index contributed by atoms with van der Waals surface area (Å²) >= 11 is 3.38. The summed E-state index contributed by atoms with van der Waals surface area (Å²) in [7, 11) is 0. The van der Waals surface area contributed by atoms with Crippen LogP contribution in [0.15, 0.2) is 41.0 Å². The molecule has 0 aliphatic rings. The molecule has 106 valence electrons. The van der Waals surface area contributed by atoms with Crippen molar-refractivity contribution in [2.24, 2.45) is 0 Å². The fourth-order valence-electron chi connectivity index (χ4n) is 1.96. The Morgan fingerprint density at radius 1 is 1.30 bits per heavy atom. The van der Waals surface area contributed by atoms with Crippen molar-refractivity contribution < 1.29 is 9.90 Å². The zero-order valence-electron chi connectivity index (χ0n) is 11.3. The van der Waals surface area contributed by atoms with E-state index in [0.717, 1.165) is 22.1 Å². The highest BCUT2D eigenvalue weighted by Gasteiger charge is 2.11. The summed E-state index contributed by atoms with van der Waals surface area (Å²) in [6, 6.07) is 9.33. The van der Waals surface area contributed by atoms with Gasteiger partial charge in [-0.05, 0) is 40.0 Å². The Hall–Kier alpha value is -1.59. The minimum absolute atomic E-state index is 0.0324. The van der Waals surface area contributed by atoms with Crippen molar-refractivity contribution in [3.63, 3.8) is 0 Å². The van der Waals surface area contributed by atoms with E-state index < -0.39 is 0 Å². The van der Waals surface area contributed by atoms with Gasteiger partial charge in [0, 0.05) is 23.8 Å². The van der Waals surface area contributed by atoms with E-state index >= 15 is 0 Å². The molecule has 2 aromatic rings. The van der Waals surface area contributed by atoms with Gasteiger partial charge in [-0.3, -0.25) is 4.79 Å². The lowest BCUT2D eigenvalue weighted by atomic mass is 10.1. The Kier molecular flexibility index (Phi) is 4.98. The highest BCUT2D eigenvalue weighted by molar-refractivity contribution is 9.10. The molecule has 2 rings (SSSR count). The Bertz CT molecular complexity index is 590. The number of hydrogen-bond donors (Lipinski definition) is 2. The molecule has 0 saturated heterocycles. The third-order valence-electron chi connectivity index (χ3n) is 3.10. The van der Waals surface area contributed by atoms with Crippen LogP contribution in [0, 0.1) is 0 Å². The molecule has 0 saturated carbocycles. The van der Waals surface area contributed by atoms with Gasteiger partial charge in [0.05, 0.1) is 6.61 Å². The predicted molar refractivity (Wildman–Crippen MR) is 81.3 cm³/mol. The molecule has 0 unspecified atom stereocenters. The van der Waals surface area contributed by atoms with Crippen LogP contribution in [-0.2, 0) is 19.7 Å². The summed E-state index contributed by atoms with van der Waals surface area (Å²) in [6.45, 7) is 3.25. The number of halogens is 1. The van der Waals surface area contributed by atoms with Gasteiger partial charge in [-0.25, -0.2) is 0 Å². The first-order chi connectivity index (χ1) is 9.63. The van der Waals surface area contributed by atoms with Crippen molar-refractivity contribution in [1.82, 2.24) is 9.88 Å². The van der Waals surface area contributed by atoms with Gasteiger partial charge in [0.2, 0.25) is 0 Å². The van der Waals surface area contributed by atoms with Crippen LogP contribution in [0.4, 0.5) is 0 Å². The van der Waals surface area contributed by atoms with E-state index in [1.54, 1.807) is 0 Å². The van der Waals surface area contributed by atoms with Gasteiger partial charge in [-0.15, -0.1) is 0 Å². The molecule has 0 fully saturated rings. The number of hydrogen-bond acceptors (Lipinski definition) is 2. The van der Waals surface area contributed by atoms with Crippen LogP contribution >= 0.6 is 15.9 Å². The van der Waals surface area contributed by atoms with E-state index in [1.165, 1.54) is 0 Å². The van der Waals surface area contributed by atoms with Crippen LogP contribution in [-0.4, -0.2) is 15.6 Å². The largest absolute Gasteiger partial charge is 0.392 e. The number of benzene rings is 1. The summed E-state index contributed by atoms with van der Waals surface area (Å²) in [4.78, 5) is 12.1. The average molecular weight is 337 g/mol. The minimum atomic E-state index is -0.0937. The van der Waals surface area contributed by atoms with E-state index in [9.17, 15) is 4.79 Å². The van der Waals surface area contributed by atoms with Gasteiger partial charge in [-0.1, -0.05) is 24.3 Å². The number of carbonyl (C=O) groups excluding carboxylic acids is 1. The zero-order chi connectivity index (χ0) is 14.5. The van der Waals surface area contributed by atoms with Crippen LogP contribution in [0.1, 0.15) is 28.5 Å². The lowest BCUT2D eigenvalue weighted by Gasteiger charge is -2.08. The lowest BCUT2D eigenvalue weighted by Crippen LogP contribution is -2.25. The number of carbonyl (C=O) groups is 1. The topological polar surface area (TPSA) is 54.3 Å². The molecule has 2 N–H and O–H groups in total. The number of nitrogens with zero attached hydrogens (tertiary/aromatic N) is 1. The highest BCUT2D eigenvalue weighted by Crippen LogP contribution is 2.15. The molecule has 0 spiro atoms. The number of aliphatic hydroxyl groups excluding tert-OH is 1. The summed E-state index contributed by atoms with van der Waals surface area (Å²) in [5.41, 5.74) is 2.51. The van der Waals surface area contributed by atoms with E-state index in [-0.39, 0.29) is 12.5 Å². The van der Waals surface area contributed by atoms with Crippen LogP contribution < -0.4 is 5.32 Å². The normalized spacial score (nSPS) is 10.6.